The highest BCUT2D eigenvalue weighted by atomic mass is 16.5. The largest absolute Gasteiger partial charge is 0.497 e. The maximum Gasteiger partial charge on any atom is 0.237 e. The second kappa shape index (κ2) is 14.5. The molecule has 3 rings (SSSR count). The number of hydrogen-bond donors (Lipinski definition) is 2. The van der Waals surface area contributed by atoms with Crippen molar-refractivity contribution in [1.29, 1.82) is 0 Å². The van der Waals surface area contributed by atoms with E-state index in [0.29, 0.717) is 26.1 Å². The number of carbonyl (C=O) groups excluding carboxylic acids is 1. The molecule has 2 atom stereocenters. The zero-order chi connectivity index (χ0) is 24.0. The van der Waals surface area contributed by atoms with Gasteiger partial charge in [-0.25, -0.2) is 0 Å². The van der Waals surface area contributed by atoms with Gasteiger partial charge < -0.3 is 20.1 Å². The highest BCUT2D eigenvalue weighted by molar-refractivity contribution is 5.82. The topological polar surface area (TPSA) is 59.6 Å². The molecule has 182 valence electrons. The van der Waals surface area contributed by atoms with Crippen LogP contribution in [-0.4, -0.2) is 38.3 Å². The lowest BCUT2D eigenvalue weighted by Crippen LogP contribution is -2.41. The zero-order valence-corrected chi connectivity index (χ0v) is 20.6. The summed E-state index contributed by atoms with van der Waals surface area (Å²) < 4.78 is 11.2. The van der Waals surface area contributed by atoms with Crippen LogP contribution >= 0.6 is 0 Å². The Balaban J connectivity index is 1.32. The Bertz CT molecular complexity index is 929. The van der Waals surface area contributed by atoms with Gasteiger partial charge in [-0.1, -0.05) is 62.3 Å². The lowest BCUT2D eigenvalue weighted by atomic mass is 10.1. The van der Waals surface area contributed by atoms with E-state index < -0.39 is 0 Å². The Morgan fingerprint density at radius 1 is 1.06 bits per heavy atom. The van der Waals surface area contributed by atoms with Crippen molar-refractivity contribution in [2.75, 3.05) is 20.2 Å². The van der Waals surface area contributed by atoms with Crippen molar-refractivity contribution in [3.8, 4) is 17.6 Å². The Hall–Kier alpha value is -2.81. The summed E-state index contributed by atoms with van der Waals surface area (Å²) in [5, 5.41) is 6.32. The van der Waals surface area contributed by atoms with Crippen LogP contribution in [0.2, 0.25) is 0 Å². The van der Waals surface area contributed by atoms with Crippen LogP contribution in [0.3, 0.4) is 0 Å². The van der Waals surface area contributed by atoms with Gasteiger partial charge in [-0.2, -0.15) is 0 Å². The Morgan fingerprint density at radius 2 is 1.82 bits per heavy atom. The van der Waals surface area contributed by atoms with Crippen molar-refractivity contribution in [2.24, 2.45) is 0 Å². The SMILES string of the molecule is CCCCCCC#Cc1ccc(CO[C@H]2CN[C@H](C(=O)NCCc3ccc(OC)cc3)C2)cc1. The van der Waals surface area contributed by atoms with Gasteiger partial charge in [0, 0.05) is 25.1 Å². The molecule has 2 N–H and O–H groups in total. The van der Waals surface area contributed by atoms with Crippen LogP contribution in [0.5, 0.6) is 5.75 Å². The average molecular weight is 463 g/mol. The third-order valence-electron chi connectivity index (χ3n) is 6.11. The first-order valence-corrected chi connectivity index (χ1v) is 12.5. The molecule has 0 aromatic heterocycles. The predicted octanol–water partition coefficient (Wildman–Crippen LogP) is 4.62. The fourth-order valence-electron chi connectivity index (χ4n) is 3.98. The molecule has 2 aromatic carbocycles. The molecule has 1 heterocycles. The van der Waals surface area contributed by atoms with Gasteiger partial charge in [0.15, 0.2) is 0 Å². The Kier molecular flexibility index (Phi) is 11.0. The van der Waals surface area contributed by atoms with Crippen LogP contribution in [0, 0.1) is 11.8 Å². The normalized spacial score (nSPS) is 17.1. The highest BCUT2D eigenvalue weighted by Crippen LogP contribution is 2.15. The van der Waals surface area contributed by atoms with Crippen LogP contribution in [0.15, 0.2) is 48.5 Å². The van der Waals surface area contributed by atoms with E-state index in [9.17, 15) is 4.79 Å². The van der Waals surface area contributed by atoms with Gasteiger partial charge in [0.1, 0.15) is 5.75 Å². The lowest BCUT2D eigenvalue weighted by molar-refractivity contribution is -0.123. The number of methoxy groups -OCH3 is 1. The molecule has 1 saturated heterocycles. The predicted molar refractivity (Wildman–Crippen MR) is 137 cm³/mol. The van der Waals surface area contributed by atoms with Gasteiger partial charge in [-0.3, -0.25) is 4.79 Å². The van der Waals surface area contributed by atoms with E-state index in [1.54, 1.807) is 7.11 Å². The number of carbonyl (C=O) groups is 1. The van der Waals surface area contributed by atoms with Gasteiger partial charge in [0.25, 0.3) is 0 Å². The van der Waals surface area contributed by atoms with Crippen molar-refractivity contribution < 1.29 is 14.3 Å². The molecule has 1 fully saturated rings. The van der Waals surface area contributed by atoms with Crippen molar-refractivity contribution in [3.05, 3.63) is 65.2 Å². The van der Waals surface area contributed by atoms with E-state index in [1.165, 1.54) is 31.2 Å². The summed E-state index contributed by atoms with van der Waals surface area (Å²) in [6, 6.07) is 16.0. The molecular weight excluding hydrogens is 424 g/mol. The third kappa shape index (κ3) is 8.85. The van der Waals surface area contributed by atoms with E-state index in [1.807, 2.05) is 24.3 Å². The van der Waals surface area contributed by atoms with E-state index >= 15 is 0 Å². The minimum absolute atomic E-state index is 0.0391. The van der Waals surface area contributed by atoms with E-state index in [2.05, 4.69) is 53.7 Å². The van der Waals surface area contributed by atoms with Gasteiger partial charge in [0.2, 0.25) is 5.91 Å². The van der Waals surface area contributed by atoms with Crippen LogP contribution in [0.1, 0.15) is 62.1 Å². The molecule has 0 spiro atoms. The number of rotatable bonds is 12. The molecule has 0 radical (unpaired) electrons. The average Bonchev–Trinajstić information content (AvgIpc) is 3.35. The quantitative estimate of drug-likeness (QED) is 0.357. The molecule has 1 aliphatic rings. The molecule has 1 aliphatic heterocycles. The van der Waals surface area contributed by atoms with Crippen molar-refractivity contribution in [1.82, 2.24) is 10.6 Å². The Morgan fingerprint density at radius 3 is 2.56 bits per heavy atom. The third-order valence-corrected chi connectivity index (χ3v) is 6.11. The molecule has 0 aliphatic carbocycles. The summed E-state index contributed by atoms with van der Waals surface area (Å²) in [5.41, 5.74) is 3.35. The van der Waals surface area contributed by atoms with E-state index in [0.717, 1.165) is 29.7 Å². The summed E-state index contributed by atoms with van der Waals surface area (Å²) in [6.45, 7) is 4.08. The minimum atomic E-state index is -0.198. The number of benzene rings is 2. The number of ether oxygens (including phenoxy) is 2. The molecule has 0 unspecified atom stereocenters. The molecule has 2 aromatic rings. The van der Waals surface area contributed by atoms with Crippen molar-refractivity contribution in [3.63, 3.8) is 0 Å². The second-order valence-corrected chi connectivity index (χ2v) is 8.83. The van der Waals surface area contributed by atoms with E-state index in [-0.39, 0.29) is 18.1 Å². The van der Waals surface area contributed by atoms with Gasteiger partial charge in [0.05, 0.1) is 25.9 Å². The zero-order valence-electron chi connectivity index (χ0n) is 20.6. The fraction of sp³-hybridized carbons (Fsp3) is 0.483. The molecular formula is C29H38N2O3. The van der Waals surface area contributed by atoms with Crippen molar-refractivity contribution >= 4 is 5.91 Å². The van der Waals surface area contributed by atoms with Gasteiger partial charge >= 0.3 is 0 Å². The first kappa shape index (κ1) is 25.8. The molecule has 5 nitrogen and oxygen atoms in total. The Labute approximate surface area is 204 Å². The summed E-state index contributed by atoms with van der Waals surface area (Å²) in [4.78, 5) is 12.5. The van der Waals surface area contributed by atoms with Gasteiger partial charge in [-0.15, -0.1) is 0 Å². The smallest absolute Gasteiger partial charge is 0.237 e. The fourth-order valence-corrected chi connectivity index (χ4v) is 3.98. The van der Waals surface area contributed by atoms with Crippen LogP contribution in [0.4, 0.5) is 0 Å². The van der Waals surface area contributed by atoms with Crippen LogP contribution < -0.4 is 15.4 Å². The molecule has 1 amide bonds. The van der Waals surface area contributed by atoms with E-state index in [4.69, 9.17) is 9.47 Å². The standard InChI is InChI=1S/C29H38N2O3/c1-3-4-5-6-7-8-9-23-10-12-25(13-11-23)22-34-27-20-28(31-21-27)29(32)30-19-18-24-14-16-26(33-2)17-15-24/h10-17,27-28,31H,3-7,18-22H2,1-2H3,(H,30,32)/t27-,28+/m1/s1. The summed E-state index contributed by atoms with van der Waals surface area (Å²) >= 11 is 0. The number of hydrogen-bond acceptors (Lipinski definition) is 4. The van der Waals surface area contributed by atoms with Crippen LogP contribution in [0.25, 0.3) is 0 Å². The molecule has 0 saturated carbocycles. The molecule has 5 heteroatoms. The highest BCUT2D eigenvalue weighted by Gasteiger charge is 2.29. The van der Waals surface area contributed by atoms with Gasteiger partial charge in [-0.05, 0) is 54.7 Å². The second-order valence-electron chi connectivity index (χ2n) is 8.83. The molecule has 34 heavy (non-hydrogen) atoms. The lowest BCUT2D eigenvalue weighted by Gasteiger charge is -2.12. The number of nitrogens with one attached hydrogen (secondary N) is 2. The monoisotopic (exact) mass is 462 g/mol. The molecule has 0 bridgehead atoms. The maximum absolute atomic E-state index is 12.5. The summed E-state index contributed by atoms with van der Waals surface area (Å²) in [7, 11) is 1.66. The first-order chi connectivity index (χ1) is 16.7. The minimum Gasteiger partial charge on any atom is -0.497 e. The summed E-state index contributed by atoms with van der Waals surface area (Å²) in [6.07, 6.45) is 7.50. The van der Waals surface area contributed by atoms with Crippen LogP contribution in [-0.2, 0) is 22.6 Å². The summed E-state index contributed by atoms with van der Waals surface area (Å²) in [5.74, 6) is 7.39. The number of amides is 1. The number of unbranched alkanes of at least 4 members (excludes halogenated alkanes) is 4. The van der Waals surface area contributed by atoms with Crippen molar-refractivity contribution in [2.45, 2.75) is 70.6 Å². The first-order valence-electron chi connectivity index (χ1n) is 12.5. The maximum atomic E-state index is 12.5.